The molecule has 0 saturated carbocycles. The van der Waals surface area contributed by atoms with Gasteiger partial charge in [-0.3, -0.25) is 0 Å². The fourth-order valence-electron chi connectivity index (χ4n) is 1.86. The Balaban J connectivity index is 2.62. The number of rotatable bonds is 5. The van der Waals surface area contributed by atoms with Crippen LogP contribution in [0.1, 0.15) is 33.6 Å². The zero-order valence-corrected chi connectivity index (χ0v) is 11.0. The van der Waals surface area contributed by atoms with Gasteiger partial charge in [0, 0.05) is 7.11 Å². The molecule has 0 aromatic rings. The van der Waals surface area contributed by atoms with Crippen molar-refractivity contribution in [3.05, 3.63) is 0 Å². The number of ether oxygens (including phenoxy) is 3. The highest BCUT2D eigenvalue weighted by molar-refractivity contribution is 4.86. The molecule has 0 spiro atoms. The molecule has 0 aromatic carbocycles. The van der Waals surface area contributed by atoms with Crippen molar-refractivity contribution in [2.24, 2.45) is 0 Å². The summed E-state index contributed by atoms with van der Waals surface area (Å²) >= 11 is 0. The van der Waals surface area contributed by atoms with E-state index in [0.29, 0.717) is 0 Å². The van der Waals surface area contributed by atoms with Gasteiger partial charge in [0.2, 0.25) is 0 Å². The third-order valence-electron chi connectivity index (χ3n) is 3.60. The Labute approximate surface area is 103 Å². The van der Waals surface area contributed by atoms with Crippen LogP contribution in [-0.2, 0) is 14.2 Å². The molecule has 1 rings (SSSR count). The van der Waals surface area contributed by atoms with Crippen molar-refractivity contribution in [1.82, 2.24) is 0 Å². The minimum Gasteiger partial charge on any atom is -0.387 e. The van der Waals surface area contributed by atoms with E-state index in [9.17, 15) is 10.2 Å². The second-order valence-corrected chi connectivity index (χ2v) is 4.73. The average Bonchev–Trinajstić information content (AvgIpc) is 2.35. The zero-order valence-electron chi connectivity index (χ0n) is 11.0. The van der Waals surface area contributed by atoms with Crippen molar-refractivity contribution < 1.29 is 24.4 Å². The topological polar surface area (TPSA) is 68.2 Å². The molecule has 1 saturated heterocycles. The van der Waals surface area contributed by atoms with Gasteiger partial charge in [0.05, 0.1) is 12.2 Å². The molecule has 5 nitrogen and oxygen atoms in total. The molecule has 1 aliphatic heterocycles. The number of aliphatic hydroxyl groups is 2. The minimum absolute atomic E-state index is 0.228. The summed E-state index contributed by atoms with van der Waals surface area (Å²) in [4.78, 5) is 0. The van der Waals surface area contributed by atoms with E-state index in [4.69, 9.17) is 14.2 Å². The van der Waals surface area contributed by atoms with Crippen LogP contribution in [0.3, 0.4) is 0 Å². The van der Waals surface area contributed by atoms with Crippen LogP contribution in [0.25, 0.3) is 0 Å². The molecular weight excluding hydrogens is 224 g/mol. The smallest absolute Gasteiger partial charge is 0.185 e. The van der Waals surface area contributed by atoms with Crippen molar-refractivity contribution >= 4 is 0 Å². The lowest BCUT2D eigenvalue weighted by Crippen LogP contribution is -2.56. The molecule has 0 amide bonds. The standard InChI is InChI=1S/C12H24O5/c1-5-12(3,6-2)17-8-7-16-11(15-4)10(14)9(8)13/h8-11,13-14H,5-7H2,1-4H3/t8-,9?,10?,11?/m1/s1. The van der Waals surface area contributed by atoms with Gasteiger partial charge in [-0.05, 0) is 19.8 Å². The second-order valence-electron chi connectivity index (χ2n) is 4.73. The Kier molecular flexibility index (Phi) is 5.34. The van der Waals surface area contributed by atoms with E-state index in [1.165, 1.54) is 7.11 Å². The fraction of sp³-hybridized carbons (Fsp3) is 1.00. The van der Waals surface area contributed by atoms with Gasteiger partial charge in [0.25, 0.3) is 0 Å². The van der Waals surface area contributed by atoms with Gasteiger partial charge in [-0.2, -0.15) is 0 Å². The largest absolute Gasteiger partial charge is 0.387 e. The number of hydrogen-bond acceptors (Lipinski definition) is 5. The highest BCUT2D eigenvalue weighted by Gasteiger charge is 2.41. The molecule has 1 aliphatic rings. The highest BCUT2D eigenvalue weighted by atomic mass is 16.7. The molecule has 17 heavy (non-hydrogen) atoms. The Morgan fingerprint density at radius 2 is 1.82 bits per heavy atom. The van der Waals surface area contributed by atoms with E-state index in [1.54, 1.807) is 0 Å². The first-order chi connectivity index (χ1) is 7.97. The predicted molar refractivity (Wildman–Crippen MR) is 62.6 cm³/mol. The van der Waals surface area contributed by atoms with E-state index in [0.717, 1.165) is 12.8 Å². The summed E-state index contributed by atoms with van der Waals surface area (Å²) in [5.74, 6) is 0. The van der Waals surface area contributed by atoms with Crippen molar-refractivity contribution in [3.63, 3.8) is 0 Å². The predicted octanol–water partition coefficient (Wildman–Crippen LogP) is 0.675. The molecule has 2 N–H and O–H groups in total. The van der Waals surface area contributed by atoms with Gasteiger partial charge in [0.1, 0.15) is 18.3 Å². The van der Waals surface area contributed by atoms with Crippen molar-refractivity contribution in [2.75, 3.05) is 13.7 Å². The normalized spacial score (nSPS) is 34.9. The Bertz CT molecular complexity index is 229. The van der Waals surface area contributed by atoms with Crippen LogP contribution in [-0.4, -0.2) is 54.1 Å². The molecule has 5 heteroatoms. The Morgan fingerprint density at radius 3 is 2.29 bits per heavy atom. The number of hydrogen-bond donors (Lipinski definition) is 2. The molecule has 102 valence electrons. The van der Waals surface area contributed by atoms with Crippen LogP contribution in [0.4, 0.5) is 0 Å². The average molecular weight is 248 g/mol. The molecule has 0 aromatic heterocycles. The van der Waals surface area contributed by atoms with Gasteiger partial charge in [-0.15, -0.1) is 0 Å². The van der Waals surface area contributed by atoms with Crippen molar-refractivity contribution in [2.45, 2.75) is 63.8 Å². The van der Waals surface area contributed by atoms with Gasteiger partial charge in [0.15, 0.2) is 6.29 Å². The maximum Gasteiger partial charge on any atom is 0.185 e. The molecule has 3 unspecified atom stereocenters. The SMILES string of the molecule is CCC(C)(CC)O[C@@H]1COC(OC)C(O)C1O. The van der Waals surface area contributed by atoms with Gasteiger partial charge < -0.3 is 24.4 Å². The van der Waals surface area contributed by atoms with Gasteiger partial charge in [-0.1, -0.05) is 13.8 Å². The molecular formula is C12H24O5. The van der Waals surface area contributed by atoms with E-state index in [2.05, 4.69) is 0 Å². The molecule has 0 aliphatic carbocycles. The first-order valence-corrected chi connectivity index (χ1v) is 6.15. The van der Waals surface area contributed by atoms with Crippen LogP contribution < -0.4 is 0 Å². The third kappa shape index (κ3) is 3.39. The third-order valence-corrected chi connectivity index (χ3v) is 3.60. The summed E-state index contributed by atoms with van der Waals surface area (Å²) < 4.78 is 16.1. The molecule has 1 fully saturated rings. The van der Waals surface area contributed by atoms with E-state index >= 15 is 0 Å². The highest BCUT2D eigenvalue weighted by Crippen LogP contribution is 2.26. The van der Waals surface area contributed by atoms with Crippen LogP contribution in [0.2, 0.25) is 0 Å². The summed E-state index contributed by atoms with van der Waals surface area (Å²) in [6, 6.07) is 0. The van der Waals surface area contributed by atoms with Gasteiger partial charge >= 0.3 is 0 Å². The maximum atomic E-state index is 9.96. The van der Waals surface area contributed by atoms with E-state index in [1.807, 2.05) is 20.8 Å². The first-order valence-electron chi connectivity index (χ1n) is 6.15. The van der Waals surface area contributed by atoms with Crippen LogP contribution >= 0.6 is 0 Å². The summed E-state index contributed by atoms with van der Waals surface area (Å²) in [5.41, 5.74) is -0.297. The summed E-state index contributed by atoms with van der Waals surface area (Å²) in [6.07, 6.45) is -1.66. The van der Waals surface area contributed by atoms with Crippen molar-refractivity contribution in [3.8, 4) is 0 Å². The van der Waals surface area contributed by atoms with Crippen LogP contribution in [0, 0.1) is 0 Å². The molecule has 4 atom stereocenters. The van der Waals surface area contributed by atoms with Crippen LogP contribution in [0.5, 0.6) is 0 Å². The summed E-state index contributed by atoms with van der Waals surface area (Å²) in [5, 5.41) is 19.7. The Hall–Kier alpha value is -0.200. The quantitative estimate of drug-likeness (QED) is 0.748. The van der Waals surface area contributed by atoms with Crippen LogP contribution in [0.15, 0.2) is 0 Å². The van der Waals surface area contributed by atoms with Gasteiger partial charge in [-0.25, -0.2) is 0 Å². The monoisotopic (exact) mass is 248 g/mol. The molecule has 1 heterocycles. The van der Waals surface area contributed by atoms with E-state index < -0.39 is 24.6 Å². The lowest BCUT2D eigenvalue weighted by molar-refractivity contribution is -0.283. The summed E-state index contributed by atoms with van der Waals surface area (Å²) in [7, 11) is 1.43. The number of methoxy groups -OCH3 is 1. The van der Waals surface area contributed by atoms with Crippen molar-refractivity contribution in [1.29, 1.82) is 0 Å². The minimum atomic E-state index is -1.07. The fourth-order valence-corrected chi connectivity index (χ4v) is 1.86. The molecule has 0 bridgehead atoms. The molecule has 0 radical (unpaired) electrons. The maximum absolute atomic E-state index is 9.96. The lowest BCUT2D eigenvalue weighted by Gasteiger charge is -2.41. The number of aliphatic hydroxyl groups excluding tert-OH is 2. The van der Waals surface area contributed by atoms with E-state index in [-0.39, 0.29) is 12.2 Å². The summed E-state index contributed by atoms with van der Waals surface area (Å²) in [6.45, 7) is 6.29. The second kappa shape index (κ2) is 6.11. The first kappa shape index (κ1) is 14.9. The Morgan fingerprint density at radius 1 is 1.24 bits per heavy atom. The zero-order chi connectivity index (χ0) is 13.1. The lowest BCUT2D eigenvalue weighted by atomic mass is 9.98.